The molecule has 1 aromatic carbocycles. The highest BCUT2D eigenvalue weighted by molar-refractivity contribution is 9.10. The average molecular weight is 371 g/mol. The van der Waals surface area contributed by atoms with Gasteiger partial charge in [0.2, 0.25) is 5.88 Å². The van der Waals surface area contributed by atoms with Crippen molar-refractivity contribution in [2.24, 2.45) is 0 Å². The standard InChI is InChI=1S/C11H4BrCl3FNO/c12-5-1-2-9(8(16)3-5)18-11-7(14)4-6(13)10(15)17-11/h1-4H. The number of hydrogen-bond donors (Lipinski definition) is 0. The Morgan fingerprint density at radius 2 is 1.83 bits per heavy atom. The number of pyridine rings is 1. The normalized spacial score (nSPS) is 10.5. The first kappa shape index (κ1) is 13.9. The predicted octanol–water partition coefficient (Wildman–Crippen LogP) is 5.74. The molecule has 0 fully saturated rings. The molecule has 0 saturated heterocycles. The Kier molecular flexibility index (Phi) is 4.33. The van der Waals surface area contributed by atoms with Crippen molar-refractivity contribution in [3.05, 3.63) is 49.8 Å². The molecule has 0 bridgehead atoms. The van der Waals surface area contributed by atoms with Crippen LogP contribution in [0.4, 0.5) is 4.39 Å². The van der Waals surface area contributed by atoms with E-state index in [-0.39, 0.29) is 26.8 Å². The highest BCUT2D eigenvalue weighted by atomic mass is 79.9. The molecule has 0 atom stereocenters. The number of ether oxygens (including phenoxy) is 1. The fourth-order valence-electron chi connectivity index (χ4n) is 1.16. The third-order valence-corrected chi connectivity index (χ3v) is 3.39. The number of hydrogen-bond acceptors (Lipinski definition) is 2. The van der Waals surface area contributed by atoms with Gasteiger partial charge in [-0.2, -0.15) is 4.98 Å². The lowest BCUT2D eigenvalue weighted by Gasteiger charge is -2.08. The van der Waals surface area contributed by atoms with Crippen molar-refractivity contribution in [3.8, 4) is 11.6 Å². The van der Waals surface area contributed by atoms with Crippen molar-refractivity contribution < 1.29 is 9.13 Å². The maximum Gasteiger partial charge on any atom is 0.239 e. The van der Waals surface area contributed by atoms with E-state index in [4.69, 9.17) is 39.5 Å². The van der Waals surface area contributed by atoms with Gasteiger partial charge in [0.05, 0.1) is 5.02 Å². The summed E-state index contributed by atoms with van der Waals surface area (Å²) in [5, 5.41) is 0.380. The lowest BCUT2D eigenvalue weighted by Crippen LogP contribution is -1.92. The Bertz CT molecular complexity index is 609. The van der Waals surface area contributed by atoms with Crippen LogP contribution in [0.3, 0.4) is 0 Å². The summed E-state index contributed by atoms with van der Waals surface area (Å²) in [4.78, 5) is 3.83. The lowest BCUT2D eigenvalue weighted by molar-refractivity contribution is 0.427. The van der Waals surface area contributed by atoms with E-state index in [1.165, 1.54) is 18.2 Å². The van der Waals surface area contributed by atoms with E-state index in [1.54, 1.807) is 6.07 Å². The summed E-state index contributed by atoms with van der Waals surface area (Å²) >= 11 is 20.5. The van der Waals surface area contributed by atoms with Crippen molar-refractivity contribution in [2.75, 3.05) is 0 Å². The quantitative estimate of drug-likeness (QED) is 0.629. The summed E-state index contributed by atoms with van der Waals surface area (Å²) in [6.07, 6.45) is 0. The lowest BCUT2D eigenvalue weighted by atomic mass is 10.3. The van der Waals surface area contributed by atoms with Crippen LogP contribution in [-0.2, 0) is 0 Å². The molecule has 0 aliphatic carbocycles. The zero-order valence-corrected chi connectivity index (χ0v) is 12.4. The highest BCUT2D eigenvalue weighted by Crippen LogP contribution is 2.34. The largest absolute Gasteiger partial charge is 0.434 e. The Balaban J connectivity index is 2.37. The van der Waals surface area contributed by atoms with Crippen molar-refractivity contribution >= 4 is 50.7 Å². The summed E-state index contributed by atoms with van der Waals surface area (Å²) in [5.74, 6) is -0.563. The Morgan fingerprint density at radius 3 is 2.50 bits per heavy atom. The molecule has 2 rings (SSSR count). The monoisotopic (exact) mass is 369 g/mol. The Labute approximate surface area is 126 Å². The van der Waals surface area contributed by atoms with Gasteiger partial charge in [-0.3, -0.25) is 0 Å². The molecular weight excluding hydrogens is 367 g/mol. The zero-order valence-electron chi connectivity index (χ0n) is 8.55. The van der Waals surface area contributed by atoms with Gasteiger partial charge in [0.25, 0.3) is 0 Å². The Morgan fingerprint density at radius 1 is 1.11 bits per heavy atom. The molecule has 0 aliphatic heterocycles. The predicted molar refractivity (Wildman–Crippen MR) is 73.4 cm³/mol. The van der Waals surface area contributed by atoms with Crippen LogP contribution in [-0.4, -0.2) is 4.98 Å². The van der Waals surface area contributed by atoms with Crippen molar-refractivity contribution in [2.45, 2.75) is 0 Å². The molecule has 1 heterocycles. The van der Waals surface area contributed by atoms with Gasteiger partial charge < -0.3 is 4.74 Å². The molecular formula is C11H4BrCl3FNO. The smallest absolute Gasteiger partial charge is 0.239 e. The summed E-state index contributed by atoms with van der Waals surface area (Å²) in [6, 6.07) is 5.72. The van der Waals surface area contributed by atoms with Crippen LogP contribution in [0.15, 0.2) is 28.7 Å². The molecule has 0 amide bonds. The molecule has 2 aromatic rings. The second kappa shape index (κ2) is 5.61. The minimum atomic E-state index is -0.548. The summed E-state index contributed by atoms with van der Waals surface area (Å²) in [6.45, 7) is 0. The van der Waals surface area contributed by atoms with Crippen LogP contribution in [0.5, 0.6) is 11.6 Å². The third-order valence-electron chi connectivity index (χ3n) is 1.96. The van der Waals surface area contributed by atoms with E-state index in [1.807, 2.05) is 0 Å². The first-order chi connectivity index (χ1) is 8.47. The van der Waals surface area contributed by atoms with Gasteiger partial charge in [0.1, 0.15) is 5.02 Å². The number of rotatable bonds is 2. The van der Waals surface area contributed by atoms with E-state index in [9.17, 15) is 4.39 Å². The summed E-state index contributed by atoms with van der Waals surface area (Å²) in [7, 11) is 0. The van der Waals surface area contributed by atoms with Crippen LogP contribution < -0.4 is 4.74 Å². The molecule has 0 spiro atoms. The van der Waals surface area contributed by atoms with Crippen LogP contribution in [0.25, 0.3) is 0 Å². The maximum absolute atomic E-state index is 13.6. The van der Waals surface area contributed by atoms with Gasteiger partial charge in [-0.15, -0.1) is 0 Å². The van der Waals surface area contributed by atoms with Gasteiger partial charge in [-0.25, -0.2) is 4.39 Å². The number of nitrogens with zero attached hydrogens (tertiary/aromatic N) is 1. The number of benzene rings is 1. The fraction of sp³-hybridized carbons (Fsp3) is 0. The highest BCUT2D eigenvalue weighted by Gasteiger charge is 2.12. The summed E-state index contributed by atoms with van der Waals surface area (Å²) < 4.78 is 19.4. The van der Waals surface area contributed by atoms with Gasteiger partial charge >= 0.3 is 0 Å². The fourth-order valence-corrected chi connectivity index (χ4v) is 2.02. The van der Waals surface area contributed by atoms with Crippen molar-refractivity contribution in [1.29, 1.82) is 0 Å². The number of halogens is 5. The first-order valence-corrected chi connectivity index (χ1v) is 6.54. The molecule has 1 aromatic heterocycles. The van der Waals surface area contributed by atoms with Crippen LogP contribution >= 0.6 is 50.7 Å². The van der Waals surface area contributed by atoms with Crippen molar-refractivity contribution in [1.82, 2.24) is 4.98 Å². The van der Waals surface area contributed by atoms with E-state index >= 15 is 0 Å². The van der Waals surface area contributed by atoms with E-state index < -0.39 is 5.82 Å². The zero-order chi connectivity index (χ0) is 13.3. The molecule has 0 N–H and O–H groups in total. The minimum absolute atomic E-state index is 0.00714. The van der Waals surface area contributed by atoms with E-state index in [2.05, 4.69) is 20.9 Å². The molecule has 2 nitrogen and oxygen atoms in total. The molecule has 18 heavy (non-hydrogen) atoms. The van der Waals surface area contributed by atoms with Gasteiger partial charge in [-0.05, 0) is 24.3 Å². The van der Waals surface area contributed by atoms with Gasteiger partial charge in [-0.1, -0.05) is 50.7 Å². The topological polar surface area (TPSA) is 22.1 Å². The molecule has 94 valence electrons. The molecule has 7 heteroatoms. The van der Waals surface area contributed by atoms with Crippen molar-refractivity contribution in [3.63, 3.8) is 0 Å². The Hall–Kier alpha value is -0.550. The summed E-state index contributed by atoms with van der Waals surface area (Å²) in [5.41, 5.74) is 0. The third kappa shape index (κ3) is 3.06. The molecule has 0 aliphatic rings. The van der Waals surface area contributed by atoms with Crippen LogP contribution in [0.1, 0.15) is 0 Å². The molecule has 0 radical (unpaired) electrons. The van der Waals surface area contributed by atoms with E-state index in [0.29, 0.717) is 4.47 Å². The minimum Gasteiger partial charge on any atom is -0.434 e. The number of aromatic nitrogens is 1. The van der Waals surface area contributed by atoms with E-state index in [0.717, 1.165) is 0 Å². The SMILES string of the molecule is Fc1cc(Br)ccc1Oc1nc(Cl)c(Cl)cc1Cl. The molecule has 0 unspecified atom stereocenters. The van der Waals surface area contributed by atoms with Gasteiger partial charge in [0.15, 0.2) is 16.7 Å². The van der Waals surface area contributed by atoms with Crippen LogP contribution in [0, 0.1) is 5.82 Å². The first-order valence-electron chi connectivity index (χ1n) is 4.62. The van der Waals surface area contributed by atoms with Crippen LogP contribution in [0.2, 0.25) is 15.2 Å². The maximum atomic E-state index is 13.6. The van der Waals surface area contributed by atoms with Gasteiger partial charge in [0, 0.05) is 4.47 Å². The molecule has 0 saturated carbocycles. The average Bonchev–Trinajstić information content (AvgIpc) is 2.29. The second-order valence-corrected chi connectivity index (χ2v) is 5.31. The second-order valence-electron chi connectivity index (χ2n) is 3.22.